The summed E-state index contributed by atoms with van der Waals surface area (Å²) in [6.45, 7) is 2.96. The number of carbonyl (C=O) groups excluding carboxylic acids is 1. The van der Waals surface area contributed by atoms with Crippen molar-refractivity contribution in [3.8, 4) is 5.75 Å². The Morgan fingerprint density at radius 2 is 1.76 bits per heavy atom. The van der Waals surface area contributed by atoms with E-state index < -0.39 is 23.5 Å². The summed E-state index contributed by atoms with van der Waals surface area (Å²) in [6, 6.07) is 7.84. The van der Waals surface area contributed by atoms with E-state index >= 15 is 0 Å². The van der Waals surface area contributed by atoms with Crippen molar-refractivity contribution in [1.82, 2.24) is 5.32 Å². The summed E-state index contributed by atoms with van der Waals surface area (Å²) in [5.74, 6) is -0.990. The quantitative estimate of drug-likeness (QED) is 0.818. The van der Waals surface area contributed by atoms with Crippen LogP contribution in [0, 0.1) is 19.7 Å². The molecule has 0 saturated heterocycles. The number of benzene rings is 2. The maximum absolute atomic E-state index is 13.1. The van der Waals surface area contributed by atoms with Crippen LogP contribution in [-0.2, 0) is 17.5 Å². The number of nitrogens with one attached hydrogen (secondary N) is 1. The van der Waals surface area contributed by atoms with Gasteiger partial charge in [-0.15, -0.1) is 0 Å². The summed E-state index contributed by atoms with van der Waals surface area (Å²) in [5.41, 5.74) is 0.383. The molecule has 0 saturated carbocycles. The number of carbonyl (C=O) groups is 1. The van der Waals surface area contributed by atoms with Crippen LogP contribution in [-0.4, -0.2) is 12.5 Å². The second-order valence-corrected chi connectivity index (χ2v) is 5.59. The largest absolute Gasteiger partial charge is 0.483 e. The van der Waals surface area contributed by atoms with E-state index in [1.54, 1.807) is 0 Å². The number of hydrogen-bond acceptors (Lipinski definition) is 2. The molecule has 1 N–H and O–H groups in total. The molecule has 2 aromatic rings. The lowest BCUT2D eigenvalue weighted by Gasteiger charge is -2.14. The molecule has 0 aromatic heterocycles. The smallest absolute Gasteiger partial charge is 0.416 e. The molecular formula is C18H17F4NO2. The Morgan fingerprint density at radius 3 is 2.36 bits per heavy atom. The Balaban J connectivity index is 1.99. The number of aryl methyl sites for hydroxylation is 2. The lowest BCUT2D eigenvalue weighted by atomic mass is 10.1. The summed E-state index contributed by atoms with van der Waals surface area (Å²) in [5, 5.41) is 2.35. The third-order valence-electron chi connectivity index (χ3n) is 3.61. The van der Waals surface area contributed by atoms with Gasteiger partial charge in [0.1, 0.15) is 11.6 Å². The molecule has 0 radical (unpaired) electrons. The van der Waals surface area contributed by atoms with Gasteiger partial charge in [0.05, 0.1) is 5.56 Å². The van der Waals surface area contributed by atoms with Gasteiger partial charge in [-0.1, -0.05) is 24.3 Å². The number of para-hydroxylation sites is 1. The third-order valence-corrected chi connectivity index (χ3v) is 3.61. The normalized spacial score (nSPS) is 11.3. The molecule has 7 heteroatoms. The van der Waals surface area contributed by atoms with E-state index in [1.807, 2.05) is 32.0 Å². The molecule has 2 rings (SSSR count). The van der Waals surface area contributed by atoms with Crippen LogP contribution in [0.3, 0.4) is 0 Å². The second kappa shape index (κ2) is 7.55. The molecule has 0 aliphatic heterocycles. The molecule has 0 aliphatic rings. The van der Waals surface area contributed by atoms with Crippen LogP contribution in [0.1, 0.15) is 22.3 Å². The molecule has 25 heavy (non-hydrogen) atoms. The van der Waals surface area contributed by atoms with Gasteiger partial charge in [0, 0.05) is 6.54 Å². The van der Waals surface area contributed by atoms with Crippen LogP contribution in [0.25, 0.3) is 0 Å². The van der Waals surface area contributed by atoms with E-state index in [1.165, 1.54) is 0 Å². The molecule has 1 amide bonds. The van der Waals surface area contributed by atoms with Crippen LogP contribution >= 0.6 is 0 Å². The van der Waals surface area contributed by atoms with Gasteiger partial charge in [0.2, 0.25) is 0 Å². The highest BCUT2D eigenvalue weighted by Gasteiger charge is 2.33. The van der Waals surface area contributed by atoms with Crippen LogP contribution in [0.5, 0.6) is 5.75 Å². The minimum atomic E-state index is -4.70. The van der Waals surface area contributed by atoms with Crippen LogP contribution in [0.2, 0.25) is 0 Å². The first kappa shape index (κ1) is 18.8. The van der Waals surface area contributed by atoms with Crippen molar-refractivity contribution < 1.29 is 27.1 Å². The van der Waals surface area contributed by atoms with Gasteiger partial charge in [-0.05, 0) is 42.7 Å². The number of rotatable bonds is 5. The predicted octanol–water partition coefficient (Wildman–Crippen LogP) is 4.16. The van der Waals surface area contributed by atoms with Gasteiger partial charge < -0.3 is 10.1 Å². The van der Waals surface area contributed by atoms with Gasteiger partial charge in [-0.25, -0.2) is 4.39 Å². The van der Waals surface area contributed by atoms with Gasteiger partial charge in [-0.2, -0.15) is 13.2 Å². The van der Waals surface area contributed by atoms with E-state index in [9.17, 15) is 22.4 Å². The monoisotopic (exact) mass is 355 g/mol. The molecule has 2 aromatic carbocycles. The number of amides is 1. The maximum atomic E-state index is 13.1. The second-order valence-electron chi connectivity index (χ2n) is 5.59. The van der Waals surface area contributed by atoms with Crippen molar-refractivity contribution in [2.75, 3.05) is 6.61 Å². The highest BCUT2D eigenvalue weighted by molar-refractivity contribution is 5.77. The number of alkyl halides is 3. The van der Waals surface area contributed by atoms with Crippen molar-refractivity contribution in [1.29, 1.82) is 0 Å². The average molecular weight is 355 g/mol. The Kier molecular flexibility index (Phi) is 5.66. The summed E-state index contributed by atoms with van der Waals surface area (Å²) in [4.78, 5) is 11.8. The van der Waals surface area contributed by atoms with Crippen LogP contribution < -0.4 is 10.1 Å². The Morgan fingerprint density at radius 1 is 1.12 bits per heavy atom. The predicted molar refractivity (Wildman–Crippen MR) is 84.7 cm³/mol. The lowest BCUT2D eigenvalue weighted by Crippen LogP contribution is -2.29. The van der Waals surface area contributed by atoms with E-state index in [0.717, 1.165) is 23.3 Å². The fraction of sp³-hybridized carbons (Fsp3) is 0.278. The molecule has 0 heterocycles. The molecule has 0 fully saturated rings. The van der Waals surface area contributed by atoms with E-state index in [2.05, 4.69) is 5.32 Å². The zero-order valence-electron chi connectivity index (χ0n) is 13.7. The van der Waals surface area contributed by atoms with E-state index in [-0.39, 0.29) is 18.7 Å². The number of ether oxygens (including phenoxy) is 1. The van der Waals surface area contributed by atoms with Crippen molar-refractivity contribution in [2.24, 2.45) is 0 Å². The fourth-order valence-corrected chi connectivity index (χ4v) is 2.38. The van der Waals surface area contributed by atoms with Crippen molar-refractivity contribution >= 4 is 5.91 Å². The first-order valence-electron chi connectivity index (χ1n) is 7.50. The molecule has 0 unspecified atom stereocenters. The van der Waals surface area contributed by atoms with Crippen molar-refractivity contribution in [3.63, 3.8) is 0 Å². The molecule has 3 nitrogen and oxygen atoms in total. The Hall–Kier alpha value is -2.57. The zero-order chi connectivity index (χ0) is 18.6. The maximum Gasteiger partial charge on any atom is 0.416 e. The first-order valence-corrected chi connectivity index (χ1v) is 7.50. The minimum Gasteiger partial charge on any atom is -0.483 e. The SMILES string of the molecule is Cc1cccc(C)c1OCC(=O)NCc1ccc(F)cc1C(F)(F)F. The molecular weight excluding hydrogens is 338 g/mol. The number of halogens is 4. The summed E-state index contributed by atoms with van der Waals surface area (Å²) in [6.07, 6.45) is -4.70. The molecule has 134 valence electrons. The van der Waals surface area contributed by atoms with Crippen molar-refractivity contribution in [2.45, 2.75) is 26.6 Å². The Labute approximate surface area is 142 Å². The summed E-state index contributed by atoms with van der Waals surface area (Å²) < 4.78 is 57.2. The van der Waals surface area contributed by atoms with E-state index in [4.69, 9.17) is 4.74 Å². The first-order chi connectivity index (χ1) is 11.7. The van der Waals surface area contributed by atoms with E-state index in [0.29, 0.717) is 11.8 Å². The third kappa shape index (κ3) is 4.95. The van der Waals surface area contributed by atoms with Gasteiger partial charge >= 0.3 is 6.18 Å². The molecule has 0 aliphatic carbocycles. The van der Waals surface area contributed by atoms with Gasteiger partial charge in [-0.3, -0.25) is 4.79 Å². The standard InChI is InChI=1S/C18H17F4NO2/c1-11-4-3-5-12(2)17(11)25-10-16(24)23-9-13-6-7-14(19)8-15(13)18(20,21)22/h3-8H,9-10H2,1-2H3,(H,23,24). The fourth-order valence-electron chi connectivity index (χ4n) is 2.38. The number of hydrogen-bond donors (Lipinski definition) is 1. The minimum absolute atomic E-state index is 0.214. The van der Waals surface area contributed by atoms with Crippen LogP contribution in [0.4, 0.5) is 17.6 Å². The molecule has 0 bridgehead atoms. The van der Waals surface area contributed by atoms with Gasteiger partial charge in [0.15, 0.2) is 6.61 Å². The molecule has 0 atom stereocenters. The summed E-state index contributed by atoms with van der Waals surface area (Å²) >= 11 is 0. The van der Waals surface area contributed by atoms with Gasteiger partial charge in [0.25, 0.3) is 5.91 Å². The van der Waals surface area contributed by atoms with Crippen molar-refractivity contribution in [3.05, 3.63) is 64.5 Å². The molecule has 0 spiro atoms. The topological polar surface area (TPSA) is 38.3 Å². The Bertz CT molecular complexity index is 752. The lowest BCUT2D eigenvalue weighted by molar-refractivity contribution is -0.138. The average Bonchev–Trinajstić information content (AvgIpc) is 2.52. The summed E-state index contributed by atoms with van der Waals surface area (Å²) in [7, 11) is 0. The highest BCUT2D eigenvalue weighted by atomic mass is 19.4. The zero-order valence-corrected chi connectivity index (χ0v) is 13.7. The van der Waals surface area contributed by atoms with Crippen LogP contribution in [0.15, 0.2) is 36.4 Å². The highest BCUT2D eigenvalue weighted by Crippen LogP contribution is 2.32.